The van der Waals surface area contributed by atoms with Gasteiger partial charge in [0.2, 0.25) is 5.91 Å². The molecule has 176 valence electrons. The summed E-state index contributed by atoms with van der Waals surface area (Å²) in [5.41, 5.74) is 4.96. The first kappa shape index (κ1) is 23.2. The number of hydrogen-bond acceptors (Lipinski definition) is 5. The molecule has 0 saturated carbocycles. The Morgan fingerprint density at radius 3 is 2.26 bits per heavy atom. The largest absolute Gasteiger partial charge is 0.493 e. The maximum absolute atomic E-state index is 13.0. The number of amides is 1. The molecule has 0 aliphatic carbocycles. The van der Waals surface area contributed by atoms with E-state index >= 15 is 0 Å². The minimum absolute atomic E-state index is 0.0254. The van der Waals surface area contributed by atoms with Gasteiger partial charge in [0, 0.05) is 24.7 Å². The van der Waals surface area contributed by atoms with Crippen LogP contribution in [0, 0.1) is 0 Å². The van der Waals surface area contributed by atoms with Gasteiger partial charge in [-0.1, -0.05) is 36.4 Å². The summed E-state index contributed by atoms with van der Waals surface area (Å²) in [4.78, 5) is 14.9. The molecule has 3 aromatic rings. The predicted molar refractivity (Wildman–Crippen MR) is 133 cm³/mol. The molecular formula is C28H29NO5. The normalized spacial score (nSPS) is 12.9. The van der Waals surface area contributed by atoms with E-state index in [2.05, 4.69) is 0 Å². The maximum atomic E-state index is 13.0. The van der Waals surface area contributed by atoms with Crippen LogP contribution in [0.4, 0.5) is 0 Å². The smallest absolute Gasteiger partial charge is 0.246 e. The lowest BCUT2D eigenvalue weighted by Gasteiger charge is -2.31. The summed E-state index contributed by atoms with van der Waals surface area (Å²) < 4.78 is 22.4. The second-order valence-corrected chi connectivity index (χ2v) is 7.95. The molecule has 1 aliphatic rings. The second-order valence-electron chi connectivity index (χ2n) is 7.95. The number of fused-ring (bicyclic) bond motifs is 1. The van der Waals surface area contributed by atoms with Gasteiger partial charge in [-0.3, -0.25) is 4.79 Å². The van der Waals surface area contributed by atoms with E-state index in [1.165, 1.54) is 0 Å². The average molecular weight is 460 g/mol. The van der Waals surface area contributed by atoms with Crippen molar-refractivity contribution in [3.05, 3.63) is 77.4 Å². The maximum Gasteiger partial charge on any atom is 0.246 e. The van der Waals surface area contributed by atoms with Crippen LogP contribution in [0.15, 0.2) is 60.7 Å². The Bertz CT molecular complexity index is 1200. The Hall–Kier alpha value is -3.93. The first-order valence-corrected chi connectivity index (χ1v) is 11.1. The van der Waals surface area contributed by atoms with Crippen LogP contribution in [0.2, 0.25) is 0 Å². The van der Waals surface area contributed by atoms with E-state index in [4.69, 9.17) is 18.9 Å². The summed E-state index contributed by atoms with van der Waals surface area (Å²) in [6, 6.07) is 17.6. The van der Waals surface area contributed by atoms with E-state index in [-0.39, 0.29) is 5.91 Å². The number of hydrogen-bond donors (Lipinski definition) is 0. The van der Waals surface area contributed by atoms with E-state index < -0.39 is 0 Å². The molecule has 0 aromatic heterocycles. The molecule has 0 saturated heterocycles. The van der Waals surface area contributed by atoms with E-state index in [9.17, 15) is 4.79 Å². The molecule has 0 spiro atoms. The third-order valence-electron chi connectivity index (χ3n) is 6.07. The third kappa shape index (κ3) is 4.57. The Morgan fingerprint density at radius 1 is 0.853 bits per heavy atom. The second kappa shape index (κ2) is 10.3. The van der Waals surface area contributed by atoms with Gasteiger partial charge in [0.25, 0.3) is 0 Å². The standard InChI is InChI=1S/C28H29NO5/c1-31-23-12-11-21(17-24(23)32-2)27-22-18-29(26(30)13-10-19-8-6-5-7-9-19)15-14-20(22)16-25(33-3)28(27)34-4/h5-13,16-17H,14-15,18H2,1-4H3/b13-10+. The lowest BCUT2D eigenvalue weighted by molar-refractivity contribution is -0.126. The van der Waals surface area contributed by atoms with Crippen molar-refractivity contribution >= 4 is 12.0 Å². The number of carbonyl (C=O) groups is 1. The molecule has 3 aromatic carbocycles. The lowest BCUT2D eigenvalue weighted by Crippen LogP contribution is -2.35. The summed E-state index contributed by atoms with van der Waals surface area (Å²) >= 11 is 0. The van der Waals surface area contributed by atoms with Crippen molar-refractivity contribution in [3.8, 4) is 34.1 Å². The fraction of sp³-hybridized carbons (Fsp3) is 0.250. The van der Waals surface area contributed by atoms with Crippen LogP contribution < -0.4 is 18.9 Å². The van der Waals surface area contributed by atoms with Crippen molar-refractivity contribution in [1.29, 1.82) is 0 Å². The van der Waals surface area contributed by atoms with Gasteiger partial charge in [0.15, 0.2) is 23.0 Å². The monoisotopic (exact) mass is 459 g/mol. The van der Waals surface area contributed by atoms with Crippen LogP contribution in [0.3, 0.4) is 0 Å². The molecule has 0 fully saturated rings. The van der Waals surface area contributed by atoms with Gasteiger partial charge in [0.05, 0.1) is 28.4 Å². The number of nitrogens with zero attached hydrogens (tertiary/aromatic N) is 1. The summed E-state index contributed by atoms with van der Waals surface area (Å²) in [6.07, 6.45) is 4.21. The predicted octanol–water partition coefficient (Wildman–Crippen LogP) is 4.99. The summed E-state index contributed by atoms with van der Waals surface area (Å²) in [5, 5.41) is 0. The van der Waals surface area contributed by atoms with Crippen molar-refractivity contribution in [3.63, 3.8) is 0 Å². The summed E-state index contributed by atoms with van der Waals surface area (Å²) in [5.74, 6) is 2.53. The molecule has 4 rings (SSSR count). The number of carbonyl (C=O) groups excluding carboxylic acids is 1. The van der Waals surface area contributed by atoms with E-state index in [0.717, 1.165) is 34.2 Å². The molecule has 0 unspecified atom stereocenters. The Kier molecular flexibility index (Phi) is 7.07. The van der Waals surface area contributed by atoms with Crippen LogP contribution in [0.5, 0.6) is 23.0 Å². The average Bonchev–Trinajstić information content (AvgIpc) is 2.90. The fourth-order valence-electron chi connectivity index (χ4n) is 4.34. The molecule has 34 heavy (non-hydrogen) atoms. The Balaban J connectivity index is 1.75. The molecule has 1 aliphatic heterocycles. The van der Waals surface area contributed by atoms with Gasteiger partial charge in [-0.05, 0) is 52.9 Å². The van der Waals surface area contributed by atoms with Crippen LogP contribution in [-0.2, 0) is 17.8 Å². The van der Waals surface area contributed by atoms with Crippen molar-refractivity contribution in [2.24, 2.45) is 0 Å². The van der Waals surface area contributed by atoms with Crippen molar-refractivity contribution in [2.75, 3.05) is 35.0 Å². The summed E-state index contributed by atoms with van der Waals surface area (Å²) in [6.45, 7) is 1.10. The first-order valence-electron chi connectivity index (χ1n) is 11.1. The molecule has 0 N–H and O–H groups in total. The molecule has 6 heteroatoms. The molecule has 1 amide bonds. The molecular weight excluding hydrogens is 430 g/mol. The Labute approximate surface area is 200 Å². The topological polar surface area (TPSA) is 57.2 Å². The van der Waals surface area contributed by atoms with Crippen molar-refractivity contribution < 1.29 is 23.7 Å². The fourth-order valence-corrected chi connectivity index (χ4v) is 4.34. The number of rotatable bonds is 7. The van der Waals surface area contributed by atoms with Crippen LogP contribution in [0.1, 0.15) is 16.7 Å². The molecule has 0 bridgehead atoms. The van der Waals surface area contributed by atoms with Crippen LogP contribution in [0.25, 0.3) is 17.2 Å². The van der Waals surface area contributed by atoms with E-state index in [1.54, 1.807) is 34.5 Å². The Morgan fingerprint density at radius 2 is 1.59 bits per heavy atom. The molecule has 1 heterocycles. The minimum Gasteiger partial charge on any atom is -0.493 e. The summed E-state index contributed by atoms with van der Waals surface area (Å²) in [7, 11) is 6.48. The van der Waals surface area contributed by atoms with Gasteiger partial charge in [-0.25, -0.2) is 0 Å². The molecule has 0 radical (unpaired) electrons. The zero-order chi connectivity index (χ0) is 24.1. The van der Waals surface area contributed by atoms with Gasteiger partial charge >= 0.3 is 0 Å². The minimum atomic E-state index is -0.0254. The zero-order valence-electron chi connectivity index (χ0n) is 20.0. The highest BCUT2D eigenvalue weighted by molar-refractivity contribution is 5.92. The van der Waals surface area contributed by atoms with Gasteiger partial charge in [0.1, 0.15) is 0 Å². The van der Waals surface area contributed by atoms with E-state index in [1.807, 2.05) is 65.6 Å². The lowest BCUT2D eigenvalue weighted by atomic mass is 9.89. The third-order valence-corrected chi connectivity index (χ3v) is 6.07. The highest BCUT2D eigenvalue weighted by atomic mass is 16.5. The molecule has 0 atom stereocenters. The number of methoxy groups -OCH3 is 4. The van der Waals surface area contributed by atoms with Crippen LogP contribution >= 0.6 is 0 Å². The number of ether oxygens (including phenoxy) is 4. The van der Waals surface area contributed by atoms with Gasteiger partial charge in [-0.2, -0.15) is 0 Å². The van der Waals surface area contributed by atoms with Crippen molar-refractivity contribution in [1.82, 2.24) is 4.90 Å². The van der Waals surface area contributed by atoms with Gasteiger partial charge < -0.3 is 23.8 Å². The SMILES string of the molecule is COc1ccc(-c2c3c(cc(OC)c2OC)CCN(C(=O)/C=C/c2ccccc2)C3)cc1OC. The molecule has 6 nitrogen and oxygen atoms in total. The van der Waals surface area contributed by atoms with Crippen LogP contribution in [-0.4, -0.2) is 45.8 Å². The van der Waals surface area contributed by atoms with Gasteiger partial charge in [-0.15, -0.1) is 0 Å². The van der Waals surface area contributed by atoms with E-state index in [0.29, 0.717) is 36.1 Å². The zero-order valence-corrected chi connectivity index (χ0v) is 20.0. The van der Waals surface area contributed by atoms with Crippen molar-refractivity contribution in [2.45, 2.75) is 13.0 Å². The quantitative estimate of drug-likeness (QED) is 0.466. The number of benzene rings is 3. The first-order chi connectivity index (χ1) is 16.6. The highest BCUT2D eigenvalue weighted by Crippen LogP contribution is 2.46. The highest BCUT2D eigenvalue weighted by Gasteiger charge is 2.27.